The Balaban J connectivity index is 1.45. The Hall–Kier alpha value is -3.97. The van der Waals surface area contributed by atoms with Crippen LogP contribution in [0, 0.1) is 0 Å². The zero-order valence-corrected chi connectivity index (χ0v) is 23.9. The quantitative estimate of drug-likeness (QED) is 0.216. The normalized spacial score (nSPS) is 16.7. The largest absolute Gasteiger partial charge is 0.377 e. The van der Waals surface area contributed by atoms with Crippen LogP contribution in [0.1, 0.15) is 35.1 Å². The zero-order valence-electron chi connectivity index (χ0n) is 22.2. The van der Waals surface area contributed by atoms with Crippen molar-refractivity contribution in [1.29, 1.82) is 0 Å². The summed E-state index contributed by atoms with van der Waals surface area (Å²) in [5, 5.41) is 10.3. The third-order valence-corrected chi connectivity index (χ3v) is 13.2. The van der Waals surface area contributed by atoms with E-state index in [1.165, 1.54) is 49.1 Å². The molecule has 0 radical (unpaired) electrons. The summed E-state index contributed by atoms with van der Waals surface area (Å²) in [5.74, 6) is 0.267. The minimum atomic E-state index is -2.34. The molecule has 2 atom stereocenters. The molecule has 6 aromatic rings. The van der Waals surface area contributed by atoms with Gasteiger partial charge in [0.05, 0.1) is 6.04 Å². The number of anilines is 1. The van der Waals surface area contributed by atoms with Gasteiger partial charge in [-0.25, -0.2) is 0 Å². The molecule has 1 nitrogen and oxygen atoms in total. The van der Waals surface area contributed by atoms with Gasteiger partial charge in [-0.05, 0) is 50.6 Å². The highest BCUT2D eigenvalue weighted by Gasteiger charge is 2.35. The van der Waals surface area contributed by atoms with Gasteiger partial charge >= 0.3 is 0 Å². The number of rotatable bonds is 5. The summed E-state index contributed by atoms with van der Waals surface area (Å²) >= 11 is 6.83. The van der Waals surface area contributed by atoms with Gasteiger partial charge in [0.25, 0.3) is 0 Å². The van der Waals surface area contributed by atoms with Crippen molar-refractivity contribution < 1.29 is 0 Å². The predicted octanol–water partition coefficient (Wildman–Crippen LogP) is 8.28. The molecule has 0 spiro atoms. The van der Waals surface area contributed by atoms with Crippen molar-refractivity contribution in [3.63, 3.8) is 0 Å². The number of hydrogen-bond acceptors (Lipinski definition) is 2. The standard InChI is InChI=1S/C37H30NPS/c40-39(31-17-6-2-7-18-31,32-19-8-3-9-20-32)36-22-12-21-33-34(28-14-4-1-5-15-28)26-35(38-37(33)36)30-24-23-27-13-10-11-16-29(27)25-30/h1-25,34-35,38H,26H2/t34-,35+/m1/s1. The van der Waals surface area contributed by atoms with Crippen LogP contribution in [0.3, 0.4) is 0 Å². The van der Waals surface area contributed by atoms with Gasteiger partial charge < -0.3 is 5.32 Å². The first-order valence-corrected chi connectivity index (χ1v) is 16.7. The van der Waals surface area contributed by atoms with Crippen LogP contribution < -0.4 is 21.2 Å². The maximum Gasteiger partial charge on any atom is 0.0523 e. The fraction of sp³-hybridized carbons (Fsp3) is 0.0811. The topological polar surface area (TPSA) is 12.0 Å². The lowest BCUT2D eigenvalue weighted by atomic mass is 9.80. The molecule has 0 bridgehead atoms. The van der Waals surface area contributed by atoms with E-state index in [0.29, 0.717) is 0 Å². The van der Waals surface area contributed by atoms with E-state index in [2.05, 4.69) is 157 Å². The molecule has 6 aromatic carbocycles. The first kappa shape index (κ1) is 25.0. The average Bonchev–Trinajstić information content (AvgIpc) is 3.04. The maximum absolute atomic E-state index is 6.83. The lowest BCUT2D eigenvalue weighted by molar-refractivity contribution is 0.605. The predicted molar refractivity (Wildman–Crippen MR) is 176 cm³/mol. The minimum absolute atomic E-state index is 0.165. The van der Waals surface area contributed by atoms with E-state index in [0.717, 1.165) is 6.42 Å². The first-order chi connectivity index (χ1) is 19.7. The molecule has 0 unspecified atom stereocenters. The zero-order chi connectivity index (χ0) is 26.9. The summed E-state index contributed by atoms with van der Waals surface area (Å²) in [6.07, 6.45) is 0.984. The molecule has 0 fully saturated rings. The lowest BCUT2D eigenvalue weighted by Gasteiger charge is -2.37. The Bertz CT molecular complexity index is 1790. The smallest absolute Gasteiger partial charge is 0.0523 e. The van der Waals surface area contributed by atoms with Gasteiger partial charge in [-0.2, -0.15) is 0 Å². The van der Waals surface area contributed by atoms with Crippen LogP contribution >= 0.6 is 6.04 Å². The Morgan fingerprint density at radius 2 is 1.15 bits per heavy atom. The van der Waals surface area contributed by atoms with Crippen LogP contribution in [0.5, 0.6) is 0 Å². The number of para-hydroxylation sites is 1. The molecular weight excluding hydrogens is 521 g/mol. The average molecular weight is 552 g/mol. The molecule has 1 aliphatic heterocycles. The van der Waals surface area contributed by atoms with E-state index in [-0.39, 0.29) is 12.0 Å². The van der Waals surface area contributed by atoms with Crippen molar-refractivity contribution in [2.24, 2.45) is 0 Å². The van der Waals surface area contributed by atoms with Gasteiger partial charge in [-0.15, -0.1) is 0 Å². The summed E-state index contributed by atoms with van der Waals surface area (Å²) in [6, 6.07) is 52.6. The highest BCUT2D eigenvalue weighted by atomic mass is 32.4. The molecule has 0 amide bonds. The molecule has 0 saturated carbocycles. The van der Waals surface area contributed by atoms with Crippen LogP contribution in [0.2, 0.25) is 0 Å². The van der Waals surface area contributed by atoms with E-state index in [4.69, 9.17) is 11.8 Å². The second-order valence-corrected chi connectivity index (χ2v) is 14.9. The SMILES string of the molecule is S=P(c1ccccc1)(c1ccccc1)c1cccc2c1N[C@H](c1ccc3ccccc3c1)C[C@@H]2c1ccccc1. The Morgan fingerprint density at radius 3 is 1.82 bits per heavy atom. The van der Waals surface area contributed by atoms with E-state index in [9.17, 15) is 0 Å². The van der Waals surface area contributed by atoms with Crippen LogP contribution in [0.15, 0.2) is 152 Å². The molecule has 7 rings (SSSR count). The second-order valence-electron chi connectivity index (χ2n) is 10.5. The molecule has 0 aromatic heterocycles. The fourth-order valence-corrected chi connectivity index (χ4v) is 10.2. The Morgan fingerprint density at radius 1 is 0.550 bits per heavy atom. The maximum atomic E-state index is 6.83. The van der Waals surface area contributed by atoms with Gasteiger partial charge in [-0.1, -0.05) is 157 Å². The van der Waals surface area contributed by atoms with Crippen LogP contribution in [0.25, 0.3) is 10.8 Å². The van der Waals surface area contributed by atoms with Crippen molar-refractivity contribution in [3.8, 4) is 0 Å². The van der Waals surface area contributed by atoms with E-state index >= 15 is 0 Å². The molecule has 3 heteroatoms. The molecule has 0 saturated heterocycles. The van der Waals surface area contributed by atoms with Crippen molar-refractivity contribution in [2.75, 3.05) is 5.32 Å². The Kier molecular flexibility index (Phi) is 6.60. The Labute approximate surface area is 241 Å². The van der Waals surface area contributed by atoms with Crippen molar-refractivity contribution in [2.45, 2.75) is 18.4 Å². The fourth-order valence-electron chi connectivity index (χ4n) is 6.21. The molecule has 0 aliphatic carbocycles. The summed E-state index contributed by atoms with van der Waals surface area (Å²) in [7, 11) is 0. The molecule has 1 aliphatic rings. The monoisotopic (exact) mass is 551 g/mol. The van der Waals surface area contributed by atoms with Gasteiger partial charge in [0.2, 0.25) is 0 Å². The minimum Gasteiger partial charge on any atom is -0.377 e. The lowest BCUT2D eigenvalue weighted by Crippen LogP contribution is -2.31. The third kappa shape index (κ3) is 4.38. The number of benzene rings is 6. The molecular formula is C37H30NPS. The first-order valence-electron chi connectivity index (χ1n) is 13.9. The summed E-state index contributed by atoms with van der Waals surface area (Å²) in [5.41, 5.74) is 5.20. The van der Waals surface area contributed by atoms with Gasteiger partial charge in [-0.3, -0.25) is 0 Å². The van der Waals surface area contributed by atoms with E-state index in [1.54, 1.807) is 0 Å². The second kappa shape index (κ2) is 10.5. The summed E-state index contributed by atoms with van der Waals surface area (Å²) in [6.45, 7) is 0. The van der Waals surface area contributed by atoms with Gasteiger partial charge in [0.15, 0.2) is 0 Å². The number of nitrogens with one attached hydrogen (secondary N) is 1. The van der Waals surface area contributed by atoms with Crippen molar-refractivity contribution >= 4 is 50.2 Å². The number of fused-ring (bicyclic) bond motifs is 2. The highest BCUT2D eigenvalue weighted by molar-refractivity contribution is 8.25. The summed E-state index contributed by atoms with van der Waals surface area (Å²) in [4.78, 5) is 0. The summed E-state index contributed by atoms with van der Waals surface area (Å²) < 4.78 is 0. The van der Waals surface area contributed by atoms with Crippen LogP contribution in [-0.4, -0.2) is 0 Å². The highest BCUT2D eigenvalue weighted by Crippen LogP contribution is 2.50. The van der Waals surface area contributed by atoms with Crippen LogP contribution in [0.4, 0.5) is 5.69 Å². The van der Waals surface area contributed by atoms with E-state index < -0.39 is 6.04 Å². The third-order valence-electron chi connectivity index (χ3n) is 8.20. The number of hydrogen-bond donors (Lipinski definition) is 1. The molecule has 1 N–H and O–H groups in total. The van der Waals surface area contributed by atoms with Gasteiger partial charge in [0.1, 0.15) is 0 Å². The molecule has 1 heterocycles. The van der Waals surface area contributed by atoms with Crippen molar-refractivity contribution in [3.05, 3.63) is 168 Å². The van der Waals surface area contributed by atoms with Crippen LogP contribution in [-0.2, 0) is 11.8 Å². The van der Waals surface area contributed by atoms with E-state index in [1.807, 2.05) is 0 Å². The molecule has 194 valence electrons. The van der Waals surface area contributed by atoms with Gasteiger partial charge in [0, 0.05) is 22.9 Å². The van der Waals surface area contributed by atoms with Crippen molar-refractivity contribution in [1.82, 2.24) is 0 Å². The molecule has 40 heavy (non-hydrogen) atoms.